The molecule has 4 heterocycles. The van der Waals surface area contributed by atoms with Crippen LogP contribution in [0.4, 0.5) is 0 Å². The Morgan fingerprint density at radius 2 is 1.06 bits per heavy atom. The van der Waals surface area contributed by atoms with E-state index in [1.807, 2.05) is 60.7 Å². The zero-order valence-electron chi connectivity index (χ0n) is 19.4. The van der Waals surface area contributed by atoms with E-state index in [4.69, 9.17) is 0 Å². The minimum atomic E-state index is 0.525. The number of benzene rings is 2. The molecule has 176 valence electrons. The molecule has 6 rings (SSSR count). The molecule has 2 aromatic carbocycles. The zero-order chi connectivity index (χ0) is 24.7. The lowest BCUT2D eigenvalue weighted by Gasteiger charge is -2.01. The van der Waals surface area contributed by atoms with Crippen molar-refractivity contribution < 1.29 is 0 Å². The van der Waals surface area contributed by atoms with Gasteiger partial charge in [-0.05, 0) is 15.6 Å². The largest absolute Gasteiger partial charge is 0.236 e. The molecule has 12 heteroatoms. The third-order valence-corrected chi connectivity index (χ3v) is 5.01. The van der Waals surface area contributed by atoms with Gasteiger partial charge in [0.05, 0.1) is 18.2 Å². The van der Waals surface area contributed by atoms with Crippen molar-refractivity contribution in [2.45, 2.75) is 0 Å². The van der Waals surface area contributed by atoms with Gasteiger partial charge in [0.2, 0.25) is 5.82 Å². The fourth-order valence-electron chi connectivity index (χ4n) is 3.23. The number of nitrogens with zero attached hydrogens (tertiary/aromatic N) is 12. The first kappa shape index (κ1) is 22.5. The Morgan fingerprint density at radius 3 is 1.50 bits per heavy atom. The number of aromatic nitrogens is 12. The Kier molecular flexibility index (Phi) is 6.47. The normalized spacial score (nSPS) is 10.5. The topological polar surface area (TPSA) is 139 Å². The molecular weight excluding hydrogens is 456 g/mol. The lowest BCUT2D eigenvalue weighted by molar-refractivity contribution is 0.630. The molecule has 0 aliphatic heterocycles. The molecule has 6 aromatic rings. The number of aryl methyl sites for hydroxylation is 2. The van der Waals surface area contributed by atoms with E-state index in [1.165, 1.54) is 4.80 Å². The van der Waals surface area contributed by atoms with Crippen LogP contribution in [0, 0.1) is 0 Å². The Bertz CT molecular complexity index is 1530. The van der Waals surface area contributed by atoms with Gasteiger partial charge < -0.3 is 0 Å². The Balaban J connectivity index is 0.000000148. The van der Waals surface area contributed by atoms with Crippen LogP contribution in [0.25, 0.3) is 45.6 Å². The van der Waals surface area contributed by atoms with Gasteiger partial charge in [-0.2, -0.15) is 4.80 Å². The predicted octanol–water partition coefficient (Wildman–Crippen LogP) is 2.67. The second-order valence-electron chi connectivity index (χ2n) is 7.55. The van der Waals surface area contributed by atoms with Gasteiger partial charge in [0, 0.05) is 43.0 Å². The highest BCUT2D eigenvalue weighted by atomic mass is 15.6. The standard InChI is InChI=1S/2C12H10N6/c1-18-12(15-16-17-18)10-7-13-11(14-8-10)9-5-3-2-4-6-9;1-18-16-12(15-17-18)10-7-13-11(14-8-10)9-5-3-2-4-6-9/h2*2-8H,1H3. The van der Waals surface area contributed by atoms with Crippen molar-refractivity contribution in [3.63, 3.8) is 0 Å². The molecule has 0 bridgehead atoms. The lowest BCUT2D eigenvalue weighted by Crippen LogP contribution is -1.96. The van der Waals surface area contributed by atoms with Crippen molar-refractivity contribution in [2.75, 3.05) is 0 Å². The van der Waals surface area contributed by atoms with Crippen molar-refractivity contribution in [3.05, 3.63) is 85.5 Å². The molecule has 0 saturated heterocycles. The average Bonchev–Trinajstić information content (AvgIpc) is 3.58. The molecule has 0 unspecified atom stereocenters. The van der Waals surface area contributed by atoms with E-state index < -0.39 is 0 Å². The summed E-state index contributed by atoms with van der Waals surface area (Å²) >= 11 is 0. The number of tetrazole rings is 2. The maximum absolute atomic E-state index is 4.33. The molecule has 0 fully saturated rings. The quantitative estimate of drug-likeness (QED) is 0.373. The average molecular weight is 477 g/mol. The monoisotopic (exact) mass is 476 g/mol. The molecule has 0 N–H and O–H groups in total. The van der Waals surface area contributed by atoms with Crippen LogP contribution in [-0.2, 0) is 14.1 Å². The first-order valence-electron chi connectivity index (χ1n) is 10.9. The van der Waals surface area contributed by atoms with Gasteiger partial charge in [-0.1, -0.05) is 60.7 Å². The SMILES string of the molecule is Cn1nnc(-c2cnc(-c3ccccc3)nc2)n1.Cn1nnnc1-c1cnc(-c2ccccc2)nc1. The molecule has 36 heavy (non-hydrogen) atoms. The van der Waals surface area contributed by atoms with E-state index in [9.17, 15) is 0 Å². The molecule has 0 aliphatic carbocycles. The Labute approximate surface area is 205 Å². The smallest absolute Gasteiger partial charge is 0.208 e. The van der Waals surface area contributed by atoms with Crippen molar-refractivity contribution in [1.29, 1.82) is 0 Å². The zero-order valence-corrected chi connectivity index (χ0v) is 19.4. The third-order valence-electron chi connectivity index (χ3n) is 5.01. The molecule has 0 amide bonds. The van der Waals surface area contributed by atoms with Gasteiger partial charge in [0.15, 0.2) is 17.5 Å². The summed E-state index contributed by atoms with van der Waals surface area (Å²) in [5.74, 6) is 2.55. The van der Waals surface area contributed by atoms with E-state index in [0.29, 0.717) is 23.3 Å². The van der Waals surface area contributed by atoms with Crippen molar-refractivity contribution >= 4 is 0 Å². The van der Waals surface area contributed by atoms with Gasteiger partial charge in [0.1, 0.15) is 0 Å². The van der Waals surface area contributed by atoms with Crippen molar-refractivity contribution in [3.8, 4) is 45.6 Å². The fourth-order valence-corrected chi connectivity index (χ4v) is 3.23. The number of rotatable bonds is 4. The van der Waals surface area contributed by atoms with Crippen LogP contribution in [0.3, 0.4) is 0 Å². The second kappa shape index (κ2) is 10.3. The first-order valence-corrected chi connectivity index (χ1v) is 10.9. The maximum atomic E-state index is 4.33. The van der Waals surface area contributed by atoms with Crippen LogP contribution in [0.1, 0.15) is 0 Å². The van der Waals surface area contributed by atoms with Crippen LogP contribution in [0.2, 0.25) is 0 Å². The minimum absolute atomic E-state index is 0.525. The van der Waals surface area contributed by atoms with Gasteiger partial charge in [0.25, 0.3) is 0 Å². The van der Waals surface area contributed by atoms with Crippen LogP contribution in [0.5, 0.6) is 0 Å². The van der Waals surface area contributed by atoms with E-state index in [2.05, 4.69) is 50.9 Å². The molecule has 0 spiro atoms. The predicted molar refractivity (Wildman–Crippen MR) is 131 cm³/mol. The van der Waals surface area contributed by atoms with Crippen molar-refractivity contribution in [2.24, 2.45) is 14.1 Å². The van der Waals surface area contributed by atoms with Gasteiger partial charge in [-0.25, -0.2) is 24.6 Å². The Morgan fingerprint density at radius 1 is 0.528 bits per heavy atom. The van der Waals surface area contributed by atoms with E-state index in [-0.39, 0.29) is 0 Å². The summed E-state index contributed by atoms with van der Waals surface area (Å²) in [6, 6.07) is 19.6. The molecule has 0 atom stereocenters. The molecule has 4 aromatic heterocycles. The van der Waals surface area contributed by atoms with Gasteiger partial charge in [-0.15, -0.1) is 15.3 Å². The van der Waals surface area contributed by atoms with Gasteiger partial charge in [-0.3, -0.25) is 0 Å². The highest BCUT2D eigenvalue weighted by Crippen LogP contribution is 2.18. The molecule has 0 saturated carbocycles. The van der Waals surface area contributed by atoms with E-state index >= 15 is 0 Å². The highest BCUT2D eigenvalue weighted by Gasteiger charge is 2.08. The first-order chi connectivity index (χ1) is 17.7. The minimum Gasteiger partial charge on any atom is -0.236 e. The van der Waals surface area contributed by atoms with Crippen LogP contribution >= 0.6 is 0 Å². The summed E-state index contributed by atoms with van der Waals surface area (Å²) in [5, 5.41) is 23.1. The maximum Gasteiger partial charge on any atom is 0.208 e. The van der Waals surface area contributed by atoms with E-state index in [0.717, 1.165) is 22.3 Å². The fraction of sp³-hybridized carbons (Fsp3) is 0.0833. The molecule has 12 nitrogen and oxygen atoms in total. The number of hydrogen-bond donors (Lipinski definition) is 0. The summed E-state index contributed by atoms with van der Waals surface area (Å²) in [5.41, 5.74) is 3.52. The Hall–Kier alpha value is -5.26. The lowest BCUT2D eigenvalue weighted by atomic mass is 10.2. The molecule has 0 radical (unpaired) electrons. The van der Waals surface area contributed by atoms with Crippen molar-refractivity contribution in [1.82, 2.24) is 60.4 Å². The third kappa shape index (κ3) is 5.12. The highest BCUT2D eigenvalue weighted by molar-refractivity contribution is 5.59. The van der Waals surface area contributed by atoms with Crippen LogP contribution in [0.15, 0.2) is 85.5 Å². The van der Waals surface area contributed by atoms with E-state index in [1.54, 1.807) is 43.6 Å². The number of hydrogen-bond acceptors (Lipinski definition) is 10. The van der Waals surface area contributed by atoms with Crippen LogP contribution in [-0.4, -0.2) is 60.4 Å². The summed E-state index contributed by atoms with van der Waals surface area (Å²) in [7, 11) is 3.50. The summed E-state index contributed by atoms with van der Waals surface area (Å²) < 4.78 is 1.58. The molecule has 0 aliphatic rings. The van der Waals surface area contributed by atoms with Crippen LogP contribution < -0.4 is 0 Å². The summed E-state index contributed by atoms with van der Waals surface area (Å²) in [6.07, 6.45) is 6.85. The molecular formula is C24H20N12. The second-order valence-corrected chi connectivity index (χ2v) is 7.55. The summed E-state index contributed by atoms with van der Waals surface area (Å²) in [6.45, 7) is 0. The van der Waals surface area contributed by atoms with Gasteiger partial charge >= 0.3 is 0 Å². The summed E-state index contributed by atoms with van der Waals surface area (Å²) in [4.78, 5) is 18.7.